The van der Waals surface area contributed by atoms with E-state index < -0.39 is 4.92 Å². The average Bonchev–Trinajstić information content (AvgIpc) is 2.38. The summed E-state index contributed by atoms with van der Waals surface area (Å²) in [5.74, 6) is 0. The van der Waals surface area contributed by atoms with Crippen molar-refractivity contribution >= 4 is 43.2 Å². The Morgan fingerprint density at radius 2 is 1.33 bits per heavy atom. The van der Waals surface area contributed by atoms with Crippen molar-refractivity contribution < 1.29 is 4.92 Å². The van der Waals surface area contributed by atoms with Gasteiger partial charge in [0.1, 0.15) is 0 Å². The summed E-state index contributed by atoms with van der Waals surface area (Å²) in [7, 11) is 3.20. The number of hydrogen-bond acceptors (Lipinski definition) is 4. The molecule has 2 aromatic carbocycles. The lowest BCUT2D eigenvalue weighted by Gasteiger charge is -2.01. The number of nitrogens with zero attached hydrogens (tertiary/aromatic N) is 1. The monoisotopic (exact) mass is 341 g/mol. The molecule has 0 aliphatic rings. The van der Waals surface area contributed by atoms with Crippen LogP contribution in [0.15, 0.2) is 62.8 Å². The molecule has 0 saturated heterocycles. The maximum atomic E-state index is 10.5. The second-order valence-corrected chi connectivity index (χ2v) is 6.56. The molecular formula is C12H8BrNO2S2. The van der Waals surface area contributed by atoms with Crippen LogP contribution in [-0.2, 0) is 0 Å². The third kappa shape index (κ3) is 3.76. The van der Waals surface area contributed by atoms with E-state index in [1.54, 1.807) is 33.7 Å². The molecule has 0 spiro atoms. The van der Waals surface area contributed by atoms with Crippen LogP contribution in [0.3, 0.4) is 0 Å². The highest BCUT2D eigenvalue weighted by atomic mass is 79.9. The zero-order chi connectivity index (χ0) is 13.0. The van der Waals surface area contributed by atoms with Gasteiger partial charge in [-0.25, -0.2) is 0 Å². The lowest BCUT2D eigenvalue weighted by Crippen LogP contribution is -1.86. The molecule has 0 amide bonds. The predicted molar refractivity (Wildman–Crippen MR) is 79.0 cm³/mol. The topological polar surface area (TPSA) is 43.1 Å². The molecule has 3 nitrogen and oxygen atoms in total. The first-order valence-electron chi connectivity index (χ1n) is 5.00. The van der Waals surface area contributed by atoms with Gasteiger partial charge in [0.25, 0.3) is 5.69 Å². The Morgan fingerprint density at radius 1 is 0.889 bits per heavy atom. The molecule has 0 aliphatic carbocycles. The van der Waals surface area contributed by atoms with Gasteiger partial charge in [0.2, 0.25) is 0 Å². The van der Waals surface area contributed by atoms with Crippen molar-refractivity contribution in [3.63, 3.8) is 0 Å². The summed E-state index contributed by atoms with van der Waals surface area (Å²) in [4.78, 5) is 12.3. The predicted octanol–water partition coefficient (Wildman–Crippen LogP) is 5.16. The van der Waals surface area contributed by atoms with Crippen molar-refractivity contribution in [3.05, 3.63) is 63.1 Å². The number of halogens is 1. The second kappa shape index (κ2) is 6.26. The van der Waals surface area contributed by atoms with E-state index in [0.717, 1.165) is 14.3 Å². The van der Waals surface area contributed by atoms with Crippen LogP contribution in [-0.4, -0.2) is 4.92 Å². The van der Waals surface area contributed by atoms with Gasteiger partial charge in [0.15, 0.2) is 0 Å². The molecule has 2 aromatic rings. The SMILES string of the molecule is O=[N+]([O-])c1ccc(SSc2ccc(Br)cc2)cc1. The number of benzene rings is 2. The molecule has 18 heavy (non-hydrogen) atoms. The first-order valence-corrected chi connectivity index (χ1v) is 7.94. The lowest BCUT2D eigenvalue weighted by atomic mass is 10.3. The van der Waals surface area contributed by atoms with Crippen molar-refractivity contribution in [3.8, 4) is 0 Å². The molecule has 0 N–H and O–H groups in total. The van der Waals surface area contributed by atoms with Gasteiger partial charge in [-0.05, 0) is 36.4 Å². The van der Waals surface area contributed by atoms with E-state index in [4.69, 9.17) is 0 Å². The van der Waals surface area contributed by atoms with E-state index in [1.807, 2.05) is 24.3 Å². The van der Waals surface area contributed by atoms with Gasteiger partial charge < -0.3 is 0 Å². The van der Waals surface area contributed by atoms with Crippen LogP contribution in [0.2, 0.25) is 0 Å². The fraction of sp³-hybridized carbons (Fsp3) is 0. The maximum Gasteiger partial charge on any atom is 0.269 e. The number of hydrogen-bond donors (Lipinski definition) is 0. The molecule has 0 saturated carbocycles. The van der Waals surface area contributed by atoms with Crippen LogP contribution in [0.25, 0.3) is 0 Å². The van der Waals surface area contributed by atoms with Gasteiger partial charge in [-0.2, -0.15) is 0 Å². The average molecular weight is 342 g/mol. The fourth-order valence-corrected chi connectivity index (χ4v) is 3.40. The van der Waals surface area contributed by atoms with Crippen LogP contribution >= 0.6 is 37.5 Å². The normalized spacial score (nSPS) is 10.3. The summed E-state index contributed by atoms with van der Waals surface area (Å²) in [6.45, 7) is 0. The molecule has 0 fully saturated rings. The molecule has 0 heterocycles. The van der Waals surface area contributed by atoms with Crippen molar-refractivity contribution in [2.75, 3.05) is 0 Å². The van der Waals surface area contributed by atoms with Gasteiger partial charge >= 0.3 is 0 Å². The Labute approximate surface area is 121 Å². The van der Waals surface area contributed by atoms with E-state index in [1.165, 1.54) is 12.1 Å². The van der Waals surface area contributed by atoms with E-state index in [9.17, 15) is 10.1 Å². The maximum absolute atomic E-state index is 10.5. The van der Waals surface area contributed by atoms with Crippen LogP contribution in [0.5, 0.6) is 0 Å². The number of non-ortho nitro benzene ring substituents is 1. The van der Waals surface area contributed by atoms with E-state index in [0.29, 0.717) is 0 Å². The molecule has 0 atom stereocenters. The quantitative estimate of drug-likeness (QED) is 0.437. The molecule has 2 rings (SSSR count). The molecule has 92 valence electrons. The highest BCUT2D eigenvalue weighted by Crippen LogP contribution is 2.38. The van der Waals surface area contributed by atoms with Gasteiger partial charge in [0, 0.05) is 26.4 Å². The van der Waals surface area contributed by atoms with Gasteiger partial charge in [-0.15, -0.1) is 0 Å². The minimum Gasteiger partial charge on any atom is -0.258 e. The summed E-state index contributed by atoms with van der Waals surface area (Å²) in [5.41, 5.74) is 0.119. The van der Waals surface area contributed by atoms with Crippen LogP contribution in [0.1, 0.15) is 0 Å². The highest BCUT2D eigenvalue weighted by Gasteiger charge is 2.04. The Morgan fingerprint density at radius 3 is 1.78 bits per heavy atom. The van der Waals surface area contributed by atoms with Gasteiger partial charge in [-0.1, -0.05) is 37.5 Å². The fourth-order valence-electron chi connectivity index (χ4n) is 1.21. The molecule has 0 aromatic heterocycles. The van der Waals surface area contributed by atoms with Crippen LogP contribution in [0, 0.1) is 10.1 Å². The summed E-state index contributed by atoms with van der Waals surface area (Å²) < 4.78 is 1.05. The third-order valence-electron chi connectivity index (χ3n) is 2.10. The number of nitro groups is 1. The Bertz CT molecular complexity index is 543. The summed E-state index contributed by atoms with van der Waals surface area (Å²) in [6, 6.07) is 14.6. The molecular weight excluding hydrogens is 334 g/mol. The van der Waals surface area contributed by atoms with Crippen LogP contribution in [0.4, 0.5) is 5.69 Å². The Kier molecular flexibility index (Phi) is 4.68. The first-order chi connectivity index (χ1) is 8.65. The van der Waals surface area contributed by atoms with Gasteiger partial charge in [-0.3, -0.25) is 10.1 Å². The summed E-state index contributed by atoms with van der Waals surface area (Å²) in [5, 5.41) is 10.5. The molecule has 0 radical (unpaired) electrons. The number of rotatable bonds is 4. The lowest BCUT2D eigenvalue weighted by molar-refractivity contribution is -0.384. The van der Waals surface area contributed by atoms with Crippen molar-refractivity contribution in [1.82, 2.24) is 0 Å². The minimum absolute atomic E-state index is 0.119. The van der Waals surface area contributed by atoms with E-state index in [-0.39, 0.29) is 5.69 Å². The zero-order valence-corrected chi connectivity index (χ0v) is 12.3. The first kappa shape index (κ1) is 13.5. The standard InChI is InChI=1S/C12H8BrNO2S2/c13-9-1-5-11(6-2-9)17-18-12-7-3-10(4-8-12)14(15)16/h1-8H. The largest absolute Gasteiger partial charge is 0.269 e. The Hall–Kier alpha value is -0.980. The summed E-state index contributed by atoms with van der Waals surface area (Å²) in [6.07, 6.45) is 0. The van der Waals surface area contributed by atoms with Crippen molar-refractivity contribution in [1.29, 1.82) is 0 Å². The van der Waals surface area contributed by atoms with E-state index >= 15 is 0 Å². The van der Waals surface area contributed by atoms with Crippen molar-refractivity contribution in [2.24, 2.45) is 0 Å². The molecule has 0 bridgehead atoms. The molecule has 0 aliphatic heterocycles. The number of nitro benzene ring substituents is 1. The van der Waals surface area contributed by atoms with Crippen molar-refractivity contribution in [2.45, 2.75) is 9.79 Å². The van der Waals surface area contributed by atoms with E-state index in [2.05, 4.69) is 15.9 Å². The smallest absolute Gasteiger partial charge is 0.258 e. The molecule has 6 heteroatoms. The second-order valence-electron chi connectivity index (χ2n) is 3.37. The van der Waals surface area contributed by atoms with Crippen LogP contribution < -0.4 is 0 Å². The summed E-state index contributed by atoms with van der Waals surface area (Å²) >= 11 is 3.38. The van der Waals surface area contributed by atoms with Gasteiger partial charge in [0.05, 0.1) is 4.92 Å². The molecule has 0 unspecified atom stereocenters. The minimum atomic E-state index is -0.393. The third-order valence-corrected chi connectivity index (χ3v) is 5.04. The Balaban J connectivity index is 1.97. The highest BCUT2D eigenvalue weighted by molar-refractivity contribution is 9.10. The zero-order valence-electron chi connectivity index (χ0n) is 9.08.